The van der Waals surface area contributed by atoms with E-state index in [-0.39, 0.29) is 54.8 Å². The molecule has 2 N–H and O–H groups in total. The Kier molecular flexibility index (Phi) is 18.5. The summed E-state index contributed by atoms with van der Waals surface area (Å²) in [4.78, 5) is 21.0. The number of hydrogen-bond donors (Lipinski definition) is 2. The molecule has 0 aliphatic rings. The van der Waals surface area contributed by atoms with E-state index in [1.54, 1.807) is 0 Å². The third-order valence-corrected chi connectivity index (χ3v) is 2.19. The zero-order valence-electron chi connectivity index (χ0n) is 8.53. The maximum atomic E-state index is 10.5. The molecule has 0 aromatic rings. The van der Waals surface area contributed by atoms with Crippen LogP contribution in [0.25, 0.3) is 0 Å². The Morgan fingerprint density at radius 2 is 1.44 bits per heavy atom. The normalized spacial score (nSPS) is 9.12. The van der Waals surface area contributed by atoms with E-state index in [9.17, 15) is 9.59 Å². The summed E-state index contributed by atoms with van der Waals surface area (Å²) in [7, 11) is 0. The third-order valence-electron chi connectivity index (χ3n) is 2.19. The predicted molar refractivity (Wildman–Crippen MR) is 66.4 cm³/mol. The summed E-state index contributed by atoms with van der Waals surface area (Å²) in [6.45, 7) is 2.09. The van der Waals surface area contributed by atoms with E-state index in [1.165, 1.54) is 0 Å². The van der Waals surface area contributed by atoms with Crippen LogP contribution in [0.15, 0.2) is 0 Å². The molecule has 0 fully saturated rings. The molecule has 86 valence electrons. The van der Waals surface area contributed by atoms with Gasteiger partial charge in [-0.1, -0.05) is 39.0 Å². The molecule has 0 bridgehead atoms. The molecular formula is C10H20LiNaO4. The first kappa shape index (κ1) is 21.8. The van der Waals surface area contributed by atoms with Gasteiger partial charge in [-0.25, -0.2) is 0 Å². The first-order valence-corrected chi connectivity index (χ1v) is 5.05. The Bertz CT molecular complexity index is 185. The van der Waals surface area contributed by atoms with Crippen LogP contribution in [-0.2, 0) is 9.59 Å². The minimum atomic E-state index is -1.23. The van der Waals surface area contributed by atoms with Crippen LogP contribution >= 0.6 is 0 Å². The van der Waals surface area contributed by atoms with Crippen LogP contribution in [0.1, 0.15) is 45.4 Å². The number of unbranched alkanes of at least 4 members (excludes halogenated alkanes) is 4. The van der Waals surface area contributed by atoms with Gasteiger partial charge in [-0.2, -0.15) is 0 Å². The van der Waals surface area contributed by atoms with Crippen LogP contribution in [0.4, 0.5) is 0 Å². The maximum absolute atomic E-state index is 10.5. The molecule has 0 radical (unpaired) electrons. The van der Waals surface area contributed by atoms with Crippen LogP contribution in [0, 0.1) is 5.92 Å². The molecule has 0 aromatic heterocycles. The molecule has 0 amide bonds. The topological polar surface area (TPSA) is 74.6 Å². The third kappa shape index (κ3) is 11.0. The van der Waals surface area contributed by atoms with E-state index in [2.05, 4.69) is 6.92 Å². The summed E-state index contributed by atoms with van der Waals surface area (Å²) in [6, 6.07) is 0. The number of hydrogen-bond acceptors (Lipinski definition) is 2. The number of aliphatic carboxylic acids is 2. The van der Waals surface area contributed by atoms with Gasteiger partial charge in [-0.3, -0.25) is 9.59 Å². The van der Waals surface area contributed by atoms with Crippen LogP contribution < -0.4 is 0 Å². The van der Waals surface area contributed by atoms with Gasteiger partial charge in [0.25, 0.3) is 0 Å². The van der Waals surface area contributed by atoms with Crippen LogP contribution in [0.3, 0.4) is 0 Å². The van der Waals surface area contributed by atoms with Crippen molar-refractivity contribution in [1.82, 2.24) is 0 Å². The van der Waals surface area contributed by atoms with Gasteiger partial charge < -0.3 is 10.2 Å². The second kappa shape index (κ2) is 13.6. The van der Waals surface area contributed by atoms with Crippen LogP contribution in [0.2, 0.25) is 0 Å². The number of carboxylic acid groups (broad SMARTS) is 2. The van der Waals surface area contributed by atoms with E-state index in [1.807, 2.05) is 0 Å². The fraction of sp³-hybridized carbons (Fsp3) is 0.800. The van der Waals surface area contributed by atoms with Gasteiger partial charge >= 0.3 is 60.4 Å². The second-order valence-corrected chi connectivity index (χ2v) is 3.43. The van der Waals surface area contributed by atoms with Gasteiger partial charge in [0.15, 0.2) is 5.92 Å². The SMILES string of the molecule is CCCCCCCC(C(=O)O)C(=O)O.[LiH].[NaH]. The molecule has 0 rings (SSSR count). The molecule has 16 heavy (non-hydrogen) atoms. The molecule has 0 aliphatic carbocycles. The first-order chi connectivity index (χ1) is 6.59. The second-order valence-electron chi connectivity index (χ2n) is 3.43. The van der Waals surface area contributed by atoms with Crippen molar-refractivity contribution in [2.75, 3.05) is 0 Å². The fourth-order valence-electron chi connectivity index (χ4n) is 1.30. The Morgan fingerprint density at radius 3 is 1.81 bits per heavy atom. The summed E-state index contributed by atoms with van der Waals surface area (Å²) < 4.78 is 0. The average Bonchev–Trinajstić information content (AvgIpc) is 2.09. The van der Waals surface area contributed by atoms with Gasteiger partial charge in [0.1, 0.15) is 0 Å². The van der Waals surface area contributed by atoms with E-state index in [0.29, 0.717) is 6.42 Å². The molecule has 0 saturated heterocycles. The monoisotopic (exact) mass is 234 g/mol. The zero-order chi connectivity index (χ0) is 11.0. The summed E-state index contributed by atoms with van der Waals surface area (Å²) in [6.07, 6.45) is 5.16. The van der Waals surface area contributed by atoms with Crippen molar-refractivity contribution < 1.29 is 19.8 Å². The molecule has 0 aromatic carbocycles. The molecule has 4 nitrogen and oxygen atoms in total. The average molecular weight is 234 g/mol. The summed E-state index contributed by atoms with van der Waals surface area (Å²) in [5, 5.41) is 17.1. The van der Waals surface area contributed by atoms with Crippen LogP contribution in [0.5, 0.6) is 0 Å². The quantitative estimate of drug-likeness (QED) is 0.370. The summed E-state index contributed by atoms with van der Waals surface area (Å²) in [5.41, 5.74) is 0. The van der Waals surface area contributed by atoms with Crippen molar-refractivity contribution in [2.45, 2.75) is 45.4 Å². The fourth-order valence-corrected chi connectivity index (χ4v) is 1.30. The van der Waals surface area contributed by atoms with Crippen molar-refractivity contribution in [1.29, 1.82) is 0 Å². The summed E-state index contributed by atoms with van der Waals surface area (Å²) in [5.74, 6) is -3.68. The van der Waals surface area contributed by atoms with E-state index < -0.39 is 17.9 Å². The Labute approximate surface area is 131 Å². The van der Waals surface area contributed by atoms with Crippen molar-refractivity contribution in [3.63, 3.8) is 0 Å². The van der Waals surface area contributed by atoms with Crippen molar-refractivity contribution >= 4 is 60.4 Å². The first-order valence-electron chi connectivity index (χ1n) is 5.05. The number of carbonyl (C=O) groups is 2. The van der Waals surface area contributed by atoms with Gasteiger partial charge in [-0.15, -0.1) is 0 Å². The molecule has 0 spiro atoms. The molecule has 0 unspecified atom stereocenters. The Morgan fingerprint density at radius 1 is 1.00 bits per heavy atom. The molecular weight excluding hydrogens is 214 g/mol. The predicted octanol–water partition coefficient (Wildman–Crippen LogP) is 0.835. The van der Waals surface area contributed by atoms with Gasteiger partial charge in [-0.05, 0) is 6.42 Å². The standard InChI is InChI=1S/C10H18O4.Li.Na.2H/c1-2-3-4-5-6-7-8(9(11)12)10(13)14;;;;/h8H,2-7H2,1H3,(H,11,12)(H,13,14);;;;. The molecule has 0 aliphatic heterocycles. The summed E-state index contributed by atoms with van der Waals surface area (Å²) >= 11 is 0. The minimum absolute atomic E-state index is 0. The molecule has 0 saturated carbocycles. The molecule has 6 heteroatoms. The Balaban J connectivity index is -0.000000845. The van der Waals surface area contributed by atoms with Crippen molar-refractivity contribution in [2.24, 2.45) is 5.92 Å². The van der Waals surface area contributed by atoms with Gasteiger partial charge in [0.2, 0.25) is 0 Å². The van der Waals surface area contributed by atoms with Gasteiger partial charge in [0, 0.05) is 0 Å². The van der Waals surface area contributed by atoms with Crippen LogP contribution in [-0.4, -0.2) is 70.6 Å². The number of rotatable bonds is 8. The van der Waals surface area contributed by atoms with Crippen molar-refractivity contribution in [3.8, 4) is 0 Å². The molecule has 0 atom stereocenters. The van der Waals surface area contributed by atoms with E-state index in [0.717, 1.165) is 25.7 Å². The van der Waals surface area contributed by atoms with E-state index >= 15 is 0 Å². The molecule has 0 heterocycles. The van der Waals surface area contributed by atoms with Crippen molar-refractivity contribution in [3.05, 3.63) is 0 Å². The Hall–Kier alpha value is 0.537. The zero-order valence-corrected chi connectivity index (χ0v) is 8.53. The van der Waals surface area contributed by atoms with E-state index in [4.69, 9.17) is 10.2 Å². The number of carboxylic acids is 2. The van der Waals surface area contributed by atoms with Gasteiger partial charge in [0.05, 0.1) is 0 Å².